The van der Waals surface area contributed by atoms with Gasteiger partial charge in [0.25, 0.3) is 0 Å². The van der Waals surface area contributed by atoms with Crippen molar-refractivity contribution in [3.8, 4) is 0 Å². The van der Waals surface area contributed by atoms with Crippen molar-refractivity contribution < 1.29 is 0 Å². The maximum absolute atomic E-state index is 4.95. The highest BCUT2D eigenvalue weighted by Crippen LogP contribution is 1.79. The number of hydrogen-bond acceptors (Lipinski definition) is 3. The van der Waals surface area contributed by atoms with E-state index >= 15 is 0 Å². The van der Waals surface area contributed by atoms with Crippen LogP contribution in [0.5, 0.6) is 0 Å². The molecule has 0 spiro atoms. The van der Waals surface area contributed by atoms with Gasteiger partial charge < -0.3 is 5.43 Å². The topological polar surface area (TPSA) is 50.4 Å². The number of rotatable bonds is 2. The first-order valence-electron chi connectivity index (χ1n) is 1.90. The molecule has 0 aromatic carbocycles. The molecule has 0 aliphatic rings. The van der Waals surface area contributed by atoms with E-state index in [4.69, 9.17) is 5.84 Å². The van der Waals surface area contributed by atoms with Crippen molar-refractivity contribution in [2.24, 2.45) is 10.8 Å². The Labute approximate surface area is 42.9 Å². The molecule has 0 saturated carbocycles. The first kappa shape index (κ1) is 6.17. The van der Waals surface area contributed by atoms with E-state index in [0.717, 1.165) is 5.70 Å². The van der Waals surface area contributed by atoms with E-state index in [1.54, 1.807) is 13.1 Å². The van der Waals surface area contributed by atoms with Gasteiger partial charge in [0.05, 0.1) is 0 Å². The van der Waals surface area contributed by atoms with Gasteiger partial charge in [-0.25, -0.2) is 0 Å². The van der Waals surface area contributed by atoms with Crippen LogP contribution in [0, 0.1) is 0 Å². The third-order valence-corrected chi connectivity index (χ3v) is 0.513. The molecule has 40 valence electrons. The minimum absolute atomic E-state index is 0.801. The summed E-state index contributed by atoms with van der Waals surface area (Å²) in [6, 6.07) is 0. The van der Waals surface area contributed by atoms with Crippen LogP contribution >= 0.6 is 0 Å². The first-order chi connectivity index (χ1) is 3.31. The maximum Gasteiger partial charge on any atom is 0.0461 e. The molecule has 3 N–H and O–H groups in total. The maximum atomic E-state index is 4.95. The van der Waals surface area contributed by atoms with Gasteiger partial charge in [-0.15, -0.1) is 0 Å². The SMILES string of the molecule is C=N/C=C(/C)NN. The monoisotopic (exact) mass is 99.1 g/mol. The standard InChI is InChI=1S/C4H9N3/c1-4(7-5)3-6-2/h3,7H,2,5H2,1H3/b4-3-. The zero-order chi connectivity index (χ0) is 5.70. The van der Waals surface area contributed by atoms with Crippen molar-refractivity contribution in [3.05, 3.63) is 11.9 Å². The van der Waals surface area contributed by atoms with Crippen molar-refractivity contribution in [3.63, 3.8) is 0 Å². The smallest absolute Gasteiger partial charge is 0.0461 e. The summed E-state index contributed by atoms with van der Waals surface area (Å²) < 4.78 is 0. The summed E-state index contributed by atoms with van der Waals surface area (Å²) in [5.41, 5.74) is 3.19. The summed E-state index contributed by atoms with van der Waals surface area (Å²) in [7, 11) is 0. The van der Waals surface area contributed by atoms with Gasteiger partial charge >= 0.3 is 0 Å². The van der Waals surface area contributed by atoms with Crippen molar-refractivity contribution in [1.82, 2.24) is 5.43 Å². The average molecular weight is 99.1 g/mol. The Bertz CT molecular complexity index is 84.9. The predicted molar refractivity (Wildman–Crippen MR) is 30.6 cm³/mol. The Kier molecular flexibility index (Phi) is 2.96. The average Bonchev–Trinajstić information content (AvgIpc) is 1.68. The largest absolute Gasteiger partial charge is 0.327 e. The van der Waals surface area contributed by atoms with E-state index in [9.17, 15) is 0 Å². The van der Waals surface area contributed by atoms with Gasteiger partial charge in [-0.1, -0.05) is 0 Å². The Hall–Kier alpha value is -0.830. The molecule has 3 heteroatoms. The van der Waals surface area contributed by atoms with Crippen molar-refractivity contribution >= 4 is 6.72 Å². The van der Waals surface area contributed by atoms with E-state index in [1.165, 1.54) is 0 Å². The molecule has 0 fully saturated rings. The third kappa shape index (κ3) is 2.99. The highest BCUT2D eigenvalue weighted by molar-refractivity contribution is 5.26. The molecule has 0 atom stereocenters. The fraction of sp³-hybridized carbons (Fsp3) is 0.250. The van der Waals surface area contributed by atoms with Gasteiger partial charge in [-0.05, 0) is 13.6 Å². The Balaban J connectivity index is 3.49. The van der Waals surface area contributed by atoms with E-state index in [0.29, 0.717) is 0 Å². The predicted octanol–water partition coefficient (Wildman–Crippen LogP) is 0.0116. The fourth-order valence-corrected chi connectivity index (χ4v) is 0.174. The van der Waals surface area contributed by atoms with Crippen LogP contribution in [0.4, 0.5) is 0 Å². The molecule has 0 amide bonds. The molecular weight excluding hydrogens is 90.1 g/mol. The molecule has 0 rings (SSSR count). The van der Waals surface area contributed by atoms with Crippen LogP contribution in [-0.2, 0) is 0 Å². The lowest BCUT2D eigenvalue weighted by Crippen LogP contribution is -2.18. The van der Waals surface area contributed by atoms with Crippen molar-refractivity contribution in [1.29, 1.82) is 0 Å². The first-order valence-corrected chi connectivity index (χ1v) is 1.90. The quantitative estimate of drug-likeness (QED) is 0.291. The normalized spacial score (nSPS) is 10.9. The Morgan fingerprint density at radius 1 is 2.00 bits per heavy atom. The van der Waals surface area contributed by atoms with E-state index in [2.05, 4.69) is 17.1 Å². The van der Waals surface area contributed by atoms with E-state index in [-0.39, 0.29) is 0 Å². The van der Waals surface area contributed by atoms with Crippen LogP contribution in [0.2, 0.25) is 0 Å². The zero-order valence-corrected chi connectivity index (χ0v) is 4.31. The van der Waals surface area contributed by atoms with Crippen LogP contribution < -0.4 is 11.3 Å². The third-order valence-electron chi connectivity index (χ3n) is 0.513. The van der Waals surface area contributed by atoms with Gasteiger partial charge in [0, 0.05) is 11.9 Å². The number of hydrazine groups is 1. The molecule has 0 saturated heterocycles. The highest BCUT2D eigenvalue weighted by Gasteiger charge is 1.72. The van der Waals surface area contributed by atoms with Crippen molar-refractivity contribution in [2.45, 2.75) is 6.92 Å². The lowest BCUT2D eigenvalue weighted by Gasteiger charge is -1.91. The van der Waals surface area contributed by atoms with Crippen LogP contribution in [0.25, 0.3) is 0 Å². The number of allylic oxidation sites excluding steroid dienone is 1. The summed E-state index contributed by atoms with van der Waals surface area (Å²) >= 11 is 0. The van der Waals surface area contributed by atoms with Crippen LogP contribution in [0.15, 0.2) is 16.9 Å². The van der Waals surface area contributed by atoms with Crippen LogP contribution in [0.3, 0.4) is 0 Å². The van der Waals surface area contributed by atoms with E-state index < -0.39 is 0 Å². The Morgan fingerprint density at radius 3 is 2.71 bits per heavy atom. The summed E-state index contributed by atoms with van der Waals surface area (Å²) in [6.07, 6.45) is 1.54. The number of hydrogen-bond donors (Lipinski definition) is 2. The van der Waals surface area contributed by atoms with Crippen molar-refractivity contribution in [2.75, 3.05) is 0 Å². The van der Waals surface area contributed by atoms with Crippen LogP contribution in [-0.4, -0.2) is 6.72 Å². The molecule has 0 aliphatic heterocycles. The Morgan fingerprint density at radius 2 is 2.57 bits per heavy atom. The number of nitrogens with two attached hydrogens (primary N) is 1. The highest BCUT2D eigenvalue weighted by atomic mass is 15.2. The van der Waals surface area contributed by atoms with Gasteiger partial charge in [-0.2, -0.15) is 0 Å². The van der Waals surface area contributed by atoms with Gasteiger partial charge in [0.2, 0.25) is 0 Å². The van der Waals surface area contributed by atoms with E-state index in [1.807, 2.05) is 0 Å². The summed E-state index contributed by atoms with van der Waals surface area (Å²) in [4.78, 5) is 3.45. The molecule has 0 aromatic rings. The molecule has 0 aromatic heterocycles. The molecule has 0 bridgehead atoms. The lowest BCUT2D eigenvalue weighted by molar-refractivity contribution is 0.881. The molecule has 0 radical (unpaired) electrons. The fourth-order valence-electron chi connectivity index (χ4n) is 0.174. The summed E-state index contributed by atoms with van der Waals surface area (Å²) in [5.74, 6) is 4.95. The minimum Gasteiger partial charge on any atom is -0.327 e. The van der Waals surface area contributed by atoms with Gasteiger partial charge in [-0.3, -0.25) is 10.8 Å². The number of nitrogens with one attached hydrogen (secondary N) is 1. The summed E-state index contributed by atoms with van der Waals surface area (Å²) in [5, 5.41) is 0. The molecule has 0 aliphatic carbocycles. The number of aliphatic imine (C=N–C) groups is 1. The van der Waals surface area contributed by atoms with Gasteiger partial charge in [0.15, 0.2) is 0 Å². The second-order valence-electron chi connectivity index (χ2n) is 1.14. The lowest BCUT2D eigenvalue weighted by atomic mass is 10.6. The van der Waals surface area contributed by atoms with Gasteiger partial charge in [0.1, 0.15) is 0 Å². The molecule has 0 unspecified atom stereocenters. The molecule has 3 nitrogen and oxygen atoms in total. The summed E-state index contributed by atoms with van der Waals surface area (Å²) in [6.45, 7) is 5.03. The molecule has 7 heavy (non-hydrogen) atoms. The minimum atomic E-state index is 0.801. The second kappa shape index (κ2) is 3.36. The molecular formula is C4H9N3. The number of nitrogens with zero attached hydrogens (tertiary/aromatic N) is 1. The van der Waals surface area contributed by atoms with Crippen LogP contribution in [0.1, 0.15) is 6.92 Å². The zero-order valence-electron chi connectivity index (χ0n) is 4.31. The molecule has 0 heterocycles. The second-order valence-corrected chi connectivity index (χ2v) is 1.14.